The molecular formula is C24H28N2O3S. The van der Waals surface area contributed by atoms with E-state index in [0.29, 0.717) is 19.5 Å². The van der Waals surface area contributed by atoms with Crippen molar-refractivity contribution in [3.8, 4) is 5.75 Å². The van der Waals surface area contributed by atoms with Gasteiger partial charge in [-0.05, 0) is 42.3 Å². The van der Waals surface area contributed by atoms with E-state index < -0.39 is 0 Å². The van der Waals surface area contributed by atoms with Crippen LogP contribution in [0.5, 0.6) is 5.75 Å². The second kappa shape index (κ2) is 8.06. The van der Waals surface area contributed by atoms with Gasteiger partial charge in [0.05, 0.1) is 4.88 Å². The fraction of sp³-hybridized carbons (Fsp3) is 0.500. The molecular weight excluding hydrogens is 396 g/mol. The second-order valence-corrected chi connectivity index (χ2v) is 9.73. The molecule has 1 atom stereocenters. The quantitative estimate of drug-likeness (QED) is 0.738. The average molecular weight is 425 g/mol. The van der Waals surface area contributed by atoms with E-state index >= 15 is 0 Å². The van der Waals surface area contributed by atoms with Crippen molar-refractivity contribution in [3.05, 3.63) is 52.2 Å². The minimum absolute atomic E-state index is 0.122. The van der Waals surface area contributed by atoms with Gasteiger partial charge < -0.3 is 14.5 Å². The minimum Gasteiger partial charge on any atom is -0.487 e. The highest BCUT2D eigenvalue weighted by Crippen LogP contribution is 2.47. The Hall–Kier alpha value is -2.34. The highest BCUT2D eigenvalue weighted by Gasteiger charge is 2.44. The van der Waals surface area contributed by atoms with Crippen LogP contribution in [0.25, 0.3) is 0 Å². The van der Waals surface area contributed by atoms with E-state index in [1.807, 2.05) is 45.5 Å². The summed E-state index contributed by atoms with van der Waals surface area (Å²) in [6.07, 6.45) is 5.27. The van der Waals surface area contributed by atoms with Gasteiger partial charge in [0.2, 0.25) is 5.91 Å². The van der Waals surface area contributed by atoms with Crippen molar-refractivity contribution in [1.82, 2.24) is 9.80 Å². The van der Waals surface area contributed by atoms with Crippen molar-refractivity contribution in [2.45, 2.75) is 50.0 Å². The Labute approximate surface area is 181 Å². The Morgan fingerprint density at radius 3 is 2.50 bits per heavy atom. The number of para-hydroxylation sites is 1. The van der Waals surface area contributed by atoms with E-state index in [9.17, 15) is 9.59 Å². The first-order valence-corrected chi connectivity index (χ1v) is 11.9. The second-order valence-electron chi connectivity index (χ2n) is 8.79. The zero-order valence-corrected chi connectivity index (χ0v) is 18.0. The maximum atomic E-state index is 12.9. The molecule has 5 nitrogen and oxygen atoms in total. The first-order valence-electron chi connectivity index (χ1n) is 11.0. The highest BCUT2D eigenvalue weighted by atomic mass is 32.1. The molecule has 5 rings (SSSR count). The SMILES string of the molecule is O=C(C[C@@H]1CC2(CCN(C(=O)c3cccs3)CC2)Oc2ccccc21)N1CCCC1. The molecule has 158 valence electrons. The summed E-state index contributed by atoms with van der Waals surface area (Å²) >= 11 is 1.50. The summed E-state index contributed by atoms with van der Waals surface area (Å²) < 4.78 is 6.56. The van der Waals surface area contributed by atoms with Crippen molar-refractivity contribution in [1.29, 1.82) is 0 Å². The van der Waals surface area contributed by atoms with Crippen molar-refractivity contribution in [2.24, 2.45) is 0 Å². The topological polar surface area (TPSA) is 49.9 Å². The van der Waals surface area contributed by atoms with Gasteiger partial charge in [-0.25, -0.2) is 0 Å². The average Bonchev–Trinajstić information content (AvgIpc) is 3.48. The van der Waals surface area contributed by atoms with Crippen LogP contribution in [0.4, 0.5) is 0 Å². The predicted molar refractivity (Wildman–Crippen MR) is 117 cm³/mol. The van der Waals surface area contributed by atoms with E-state index in [1.54, 1.807) is 0 Å². The summed E-state index contributed by atoms with van der Waals surface area (Å²) in [5, 5.41) is 1.95. The Balaban J connectivity index is 1.31. The molecule has 0 bridgehead atoms. The molecule has 6 heteroatoms. The third-order valence-electron chi connectivity index (χ3n) is 6.88. The minimum atomic E-state index is -0.281. The molecule has 0 saturated carbocycles. The number of piperidine rings is 1. The first-order chi connectivity index (χ1) is 14.6. The van der Waals surface area contributed by atoms with Gasteiger partial charge in [-0.1, -0.05) is 24.3 Å². The van der Waals surface area contributed by atoms with Gasteiger partial charge in [-0.2, -0.15) is 0 Å². The van der Waals surface area contributed by atoms with Crippen molar-refractivity contribution < 1.29 is 14.3 Å². The van der Waals surface area contributed by atoms with E-state index in [-0.39, 0.29) is 23.3 Å². The van der Waals surface area contributed by atoms with E-state index in [2.05, 4.69) is 6.07 Å². The van der Waals surface area contributed by atoms with E-state index in [4.69, 9.17) is 4.74 Å². The van der Waals surface area contributed by atoms with E-state index in [0.717, 1.165) is 61.4 Å². The van der Waals surface area contributed by atoms with Crippen LogP contribution >= 0.6 is 11.3 Å². The molecule has 0 radical (unpaired) electrons. The Kier molecular flexibility index (Phi) is 5.27. The number of ether oxygens (including phenoxy) is 1. The molecule has 2 fully saturated rings. The van der Waals surface area contributed by atoms with Crippen LogP contribution in [0, 0.1) is 0 Å². The zero-order chi connectivity index (χ0) is 20.6. The van der Waals surface area contributed by atoms with Gasteiger partial charge in [-0.3, -0.25) is 9.59 Å². The normalized spacial score (nSPS) is 22.6. The Morgan fingerprint density at radius 2 is 1.77 bits per heavy atom. The summed E-state index contributed by atoms with van der Waals surface area (Å²) in [5.41, 5.74) is 0.879. The number of rotatable bonds is 3. The summed E-state index contributed by atoms with van der Waals surface area (Å²) in [6, 6.07) is 12.0. The molecule has 3 aliphatic heterocycles. The number of benzene rings is 1. The number of nitrogens with zero attached hydrogens (tertiary/aromatic N) is 2. The molecule has 30 heavy (non-hydrogen) atoms. The fourth-order valence-electron chi connectivity index (χ4n) is 5.21. The van der Waals surface area contributed by atoms with Crippen LogP contribution in [0.2, 0.25) is 0 Å². The molecule has 3 aliphatic rings. The number of thiophene rings is 1. The van der Waals surface area contributed by atoms with Crippen LogP contribution in [0.3, 0.4) is 0 Å². The highest BCUT2D eigenvalue weighted by molar-refractivity contribution is 7.12. The van der Waals surface area contributed by atoms with E-state index in [1.165, 1.54) is 11.3 Å². The summed E-state index contributed by atoms with van der Waals surface area (Å²) in [5.74, 6) is 1.50. The molecule has 0 unspecified atom stereocenters. The van der Waals surface area contributed by atoms with Gasteiger partial charge in [0.15, 0.2) is 0 Å². The molecule has 2 saturated heterocycles. The third-order valence-corrected chi connectivity index (χ3v) is 7.74. The van der Waals surface area contributed by atoms with Crippen LogP contribution in [0.15, 0.2) is 41.8 Å². The molecule has 2 aromatic rings. The monoisotopic (exact) mass is 424 g/mol. The number of carbonyl (C=O) groups excluding carboxylic acids is 2. The van der Waals surface area contributed by atoms with Crippen molar-refractivity contribution in [2.75, 3.05) is 26.2 Å². The largest absolute Gasteiger partial charge is 0.487 e. The van der Waals surface area contributed by atoms with Crippen LogP contribution < -0.4 is 4.74 Å². The van der Waals surface area contributed by atoms with Crippen LogP contribution in [-0.4, -0.2) is 53.4 Å². The van der Waals surface area contributed by atoms with Gasteiger partial charge in [0, 0.05) is 51.4 Å². The van der Waals surface area contributed by atoms with Crippen molar-refractivity contribution >= 4 is 23.2 Å². The lowest BCUT2D eigenvalue weighted by molar-refractivity contribution is -0.131. The third kappa shape index (κ3) is 3.73. The van der Waals surface area contributed by atoms with Crippen molar-refractivity contribution in [3.63, 3.8) is 0 Å². The lowest BCUT2D eigenvalue weighted by Gasteiger charge is -2.47. The number of hydrogen-bond donors (Lipinski definition) is 0. The van der Waals surface area contributed by atoms with Gasteiger partial charge >= 0.3 is 0 Å². The maximum Gasteiger partial charge on any atom is 0.263 e. The lowest BCUT2D eigenvalue weighted by Crippen LogP contribution is -2.52. The lowest BCUT2D eigenvalue weighted by atomic mass is 9.76. The summed E-state index contributed by atoms with van der Waals surface area (Å²) in [7, 11) is 0. The molecule has 2 amide bonds. The van der Waals surface area contributed by atoms with Gasteiger partial charge in [-0.15, -0.1) is 11.3 Å². The molecule has 0 N–H and O–H groups in total. The fourth-order valence-corrected chi connectivity index (χ4v) is 5.90. The predicted octanol–water partition coefficient (Wildman–Crippen LogP) is 4.30. The van der Waals surface area contributed by atoms with Gasteiger partial charge in [0.25, 0.3) is 5.91 Å². The molecule has 1 aromatic heterocycles. The zero-order valence-electron chi connectivity index (χ0n) is 17.2. The summed E-state index contributed by atoms with van der Waals surface area (Å²) in [4.78, 5) is 30.4. The Bertz CT molecular complexity index is 912. The maximum absolute atomic E-state index is 12.9. The smallest absolute Gasteiger partial charge is 0.263 e. The van der Waals surface area contributed by atoms with Gasteiger partial charge in [0.1, 0.15) is 11.4 Å². The number of amides is 2. The standard InChI is InChI=1S/C24H28N2O3S/c27-22(25-11-3-4-12-25)16-18-17-24(29-20-7-2-1-6-19(18)20)9-13-26(14-10-24)23(28)21-8-5-15-30-21/h1-2,5-8,15,18H,3-4,9-14,16-17H2/t18-/m1/s1. The molecule has 4 heterocycles. The summed E-state index contributed by atoms with van der Waals surface area (Å²) in [6.45, 7) is 3.20. The first kappa shape index (κ1) is 19.6. The van der Waals surface area contributed by atoms with Crippen LogP contribution in [0.1, 0.15) is 59.7 Å². The molecule has 1 spiro atoms. The molecule has 0 aliphatic carbocycles. The number of fused-ring (bicyclic) bond motifs is 1. The number of likely N-dealkylation sites (tertiary alicyclic amines) is 2. The number of carbonyl (C=O) groups is 2. The van der Waals surface area contributed by atoms with Crippen LogP contribution in [-0.2, 0) is 4.79 Å². The Morgan fingerprint density at radius 1 is 1.00 bits per heavy atom. The molecule has 1 aromatic carbocycles. The number of hydrogen-bond acceptors (Lipinski definition) is 4.